The molecular weight excluding hydrogens is 344 g/mol. The van der Waals surface area contributed by atoms with E-state index in [1.807, 2.05) is 39.8 Å². The number of ether oxygens (including phenoxy) is 1. The van der Waals surface area contributed by atoms with Gasteiger partial charge in [-0.05, 0) is 66.9 Å². The summed E-state index contributed by atoms with van der Waals surface area (Å²) in [4.78, 5) is 2.26. The van der Waals surface area contributed by atoms with Gasteiger partial charge >= 0.3 is 7.12 Å². The van der Waals surface area contributed by atoms with Crippen molar-refractivity contribution in [3.05, 3.63) is 29.6 Å². The second-order valence-electron chi connectivity index (χ2n) is 10.2. The Labute approximate surface area is 163 Å². The van der Waals surface area contributed by atoms with Crippen LogP contribution < -0.4 is 5.46 Å². The van der Waals surface area contributed by atoms with E-state index in [2.05, 4.69) is 32.6 Å². The first-order chi connectivity index (χ1) is 12.2. The number of benzene rings is 1. The minimum Gasteiger partial charge on any atom is -0.399 e. The molecule has 3 rings (SSSR count). The minimum atomic E-state index is -0.542. The Bertz CT molecular complexity index is 685. The van der Waals surface area contributed by atoms with Crippen molar-refractivity contribution in [2.24, 2.45) is 0 Å². The third-order valence-electron chi connectivity index (χ3n) is 5.76. The molecule has 0 spiro atoms. The summed E-state index contributed by atoms with van der Waals surface area (Å²) in [6.07, 6.45) is 0. The molecule has 2 aliphatic rings. The van der Waals surface area contributed by atoms with Crippen molar-refractivity contribution >= 4 is 12.6 Å². The minimum absolute atomic E-state index is 0.218. The summed E-state index contributed by atoms with van der Waals surface area (Å²) < 4.78 is 33.0. The van der Waals surface area contributed by atoms with Gasteiger partial charge in [0.15, 0.2) is 0 Å². The fraction of sp³-hybridized carbons (Fsp3) is 0.714. The third-order valence-corrected chi connectivity index (χ3v) is 5.76. The van der Waals surface area contributed by atoms with Crippen LogP contribution in [-0.2, 0) is 20.6 Å². The summed E-state index contributed by atoms with van der Waals surface area (Å²) in [6.45, 7) is 18.4. The van der Waals surface area contributed by atoms with Gasteiger partial charge in [-0.1, -0.05) is 12.1 Å². The first kappa shape index (κ1) is 20.8. The van der Waals surface area contributed by atoms with E-state index >= 15 is 0 Å². The third kappa shape index (κ3) is 4.39. The molecule has 2 aliphatic heterocycles. The maximum atomic E-state index is 14.9. The van der Waals surface area contributed by atoms with E-state index in [1.54, 1.807) is 6.07 Å². The average Bonchev–Trinajstić information content (AvgIpc) is 2.66. The standard InChI is InChI=1S/C21H33BFNO3/c1-18(2)13-24(14-19(3,4)25-18)12-15-9-10-16(11-17(15)23)22-26-20(5,6)21(7,8)27-22/h9-11H,12-14H2,1-8H3. The van der Waals surface area contributed by atoms with Crippen LogP contribution >= 0.6 is 0 Å². The summed E-state index contributed by atoms with van der Waals surface area (Å²) in [7, 11) is -0.542. The van der Waals surface area contributed by atoms with E-state index in [4.69, 9.17) is 14.0 Å². The lowest BCUT2D eigenvalue weighted by Gasteiger charge is -2.47. The van der Waals surface area contributed by atoms with Crippen LogP contribution in [0.1, 0.15) is 61.0 Å². The van der Waals surface area contributed by atoms with Crippen molar-refractivity contribution in [1.82, 2.24) is 4.90 Å². The topological polar surface area (TPSA) is 30.9 Å². The number of hydrogen-bond acceptors (Lipinski definition) is 4. The monoisotopic (exact) mass is 377 g/mol. The van der Waals surface area contributed by atoms with Gasteiger partial charge in [0.25, 0.3) is 0 Å². The molecule has 0 unspecified atom stereocenters. The molecule has 2 saturated heterocycles. The van der Waals surface area contributed by atoms with Crippen molar-refractivity contribution in [1.29, 1.82) is 0 Å². The van der Waals surface area contributed by atoms with Gasteiger partial charge in [-0.15, -0.1) is 0 Å². The van der Waals surface area contributed by atoms with Crippen LogP contribution in [0.2, 0.25) is 0 Å². The summed E-state index contributed by atoms with van der Waals surface area (Å²) >= 11 is 0. The highest BCUT2D eigenvalue weighted by Crippen LogP contribution is 2.36. The van der Waals surface area contributed by atoms with Gasteiger partial charge in [0.1, 0.15) is 5.82 Å². The van der Waals surface area contributed by atoms with Crippen molar-refractivity contribution in [2.45, 2.75) is 84.3 Å². The van der Waals surface area contributed by atoms with Crippen LogP contribution in [0.3, 0.4) is 0 Å². The largest absolute Gasteiger partial charge is 0.494 e. The van der Waals surface area contributed by atoms with Crippen LogP contribution in [0, 0.1) is 5.82 Å². The molecular formula is C21H33BFNO3. The zero-order valence-electron chi connectivity index (χ0n) is 18.0. The number of nitrogens with zero attached hydrogens (tertiary/aromatic N) is 1. The summed E-state index contributed by atoms with van der Waals surface area (Å²) in [5.41, 5.74) is 0.0402. The SMILES string of the molecule is CC1(C)CN(Cc2ccc(B3OC(C)(C)C(C)(C)O3)cc2F)CC(C)(C)O1. The second-order valence-corrected chi connectivity index (χ2v) is 10.2. The molecule has 27 heavy (non-hydrogen) atoms. The Morgan fingerprint density at radius 3 is 1.93 bits per heavy atom. The summed E-state index contributed by atoms with van der Waals surface area (Å²) in [6, 6.07) is 5.32. The van der Waals surface area contributed by atoms with Gasteiger partial charge < -0.3 is 14.0 Å². The highest BCUT2D eigenvalue weighted by atomic mass is 19.1. The van der Waals surface area contributed by atoms with Crippen molar-refractivity contribution in [3.63, 3.8) is 0 Å². The Kier molecular flexibility index (Phi) is 5.04. The van der Waals surface area contributed by atoms with Crippen LogP contribution in [0.5, 0.6) is 0 Å². The molecule has 0 saturated carbocycles. The van der Waals surface area contributed by atoms with Gasteiger partial charge in [0.2, 0.25) is 0 Å². The molecule has 2 fully saturated rings. The van der Waals surface area contributed by atoms with Crippen LogP contribution in [0.25, 0.3) is 0 Å². The fourth-order valence-electron chi connectivity index (χ4n) is 4.12. The van der Waals surface area contributed by atoms with Gasteiger partial charge in [-0.25, -0.2) is 4.39 Å². The van der Waals surface area contributed by atoms with E-state index in [9.17, 15) is 4.39 Å². The average molecular weight is 377 g/mol. The summed E-state index contributed by atoms with van der Waals surface area (Å²) in [5, 5.41) is 0. The maximum Gasteiger partial charge on any atom is 0.494 e. The van der Waals surface area contributed by atoms with E-state index in [-0.39, 0.29) is 17.0 Å². The smallest absolute Gasteiger partial charge is 0.399 e. The van der Waals surface area contributed by atoms with Crippen LogP contribution in [0.4, 0.5) is 4.39 Å². The van der Waals surface area contributed by atoms with Gasteiger partial charge in [0, 0.05) is 25.2 Å². The normalized spacial score (nSPS) is 26.3. The molecule has 150 valence electrons. The Hall–Kier alpha value is -0.945. The van der Waals surface area contributed by atoms with Gasteiger partial charge in [0.05, 0.1) is 22.4 Å². The Morgan fingerprint density at radius 1 is 0.926 bits per heavy atom. The quantitative estimate of drug-likeness (QED) is 0.755. The number of hydrogen-bond donors (Lipinski definition) is 0. The van der Waals surface area contributed by atoms with E-state index < -0.39 is 18.3 Å². The number of halogens is 1. The Balaban J connectivity index is 1.74. The molecule has 2 heterocycles. The molecule has 4 nitrogen and oxygen atoms in total. The van der Waals surface area contributed by atoms with E-state index in [0.29, 0.717) is 12.1 Å². The molecule has 0 N–H and O–H groups in total. The molecule has 1 aromatic carbocycles. The number of rotatable bonds is 3. The first-order valence-electron chi connectivity index (χ1n) is 9.76. The lowest BCUT2D eigenvalue weighted by molar-refractivity contribution is -0.182. The predicted octanol–water partition coefficient (Wildman–Crippen LogP) is 3.51. The van der Waals surface area contributed by atoms with Gasteiger partial charge in [-0.3, -0.25) is 4.90 Å². The second kappa shape index (κ2) is 6.55. The van der Waals surface area contributed by atoms with Crippen molar-refractivity contribution in [3.8, 4) is 0 Å². The fourth-order valence-corrected chi connectivity index (χ4v) is 4.12. The molecule has 0 radical (unpaired) electrons. The van der Waals surface area contributed by atoms with Crippen molar-refractivity contribution < 1.29 is 18.4 Å². The van der Waals surface area contributed by atoms with E-state index in [0.717, 1.165) is 18.6 Å². The first-order valence-corrected chi connectivity index (χ1v) is 9.76. The molecule has 0 atom stereocenters. The van der Waals surface area contributed by atoms with Crippen LogP contribution in [0.15, 0.2) is 18.2 Å². The van der Waals surface area contributed by atoms with E-state index in [1.165, 1.54) is 0 Å². The van der Waals surface area contributed by atoms with Gasteiger partial charge in [-0.2, -0.15) is 0 Å². The lowest BCUT2D eigenvalue weighted by Crippen LogP contribution is -2.56. The molecule has 0 bridgehead atoms. The highest BCUT2D eigenvalue weighted by molar-refractivity contribution is 6.62. The molecule has 6 heteroatoms. The number of morpholine rings is 1. The maximum absolute atomic E-state index is 14.9. The molecule has 0 aromatic heterocycles. The Morgan fingerprint density at radius 2 is 1.44 bits per heavy atom. The highest BCUT2D eigenvalue weighted by Gasteiger charge is 2.51. The molecule has 1 aromatic rings. The zero-order chi connectivity index (χ0) is 20.3. The predicted molar refractivity (Wildman–Crippen MR) is 107 cm³/mol. The lowest BCUT2D eigenvalue weighted by atomic mass is 9.78. The molecule has 0 amide bonds. The van der Waals surface area contributed by atoms with Crippen molar-refractivity contribution in [2.75, 3.05) is 13.1 Å². The molecule has 0 aliphatic carbocycles. The van der Waals surface area contributed by atoms with Crippen LogP contribution in [-0.4, -0.2) is 47.5 Å². The zero-order valence-corrected chi connectivity index (χ0v) is 18.0. The summed E-state index contributed by atoms with van der Waals surface area (Å²) in [5.74, 6) is -0.218.